The fraction of sp³-hybridized carbons (Fsp3) is 0.107. The molecule has 208 valence electrons. The molecule has 1 amide bonds. The van der Waals surface area contributed by atoms with Crippen molar-refractivity contribution >= 4 is 54.6 Å². The van der Waals surface area contributed by atoms with E-state index in [0.29, 0.717) is 20.6 Å². The molecule has 2 N–H and O–H groups in total. The first-order valence-corrected chi connectivity index (χ1v) is 15.2. The summed E-state index contributed by atoms with van der Waals surface area (Å²) in [5.41, 5.74) is 1.65. The predicted octanol–water partition coefficient (Wildman–Crippen LogP) is 5.73. The van der Waals surface area contributed by atoms with E-state index in [1.807, 2.05) is 0 Å². The number of aryl methyl sites for hydroxylation is 1. The number of hydrogen-bond donors (Lipinski definition) is 2. The number of nitrogens with zero attached hydrogens (tertiary/aromatic N) is 1. The molecule has 0 unspecified atom stereocenters. The number of amides is 1. The van der Waals surface area contributed by atoms with E-state index in [0.717, 1.165) is 11.6 Å². The average molecular weight is 602 g/mol. The Morgan fingerprint density at radius 3 is 2.10 bits per heavy atom. The van der Waals surface area contributed by atoms with Gasteiger partial charge in [-0.15, -0.1) is 0 Å². The highest BCUT2D eigenvalue weighted by atomic mass is 35.5. The lowest BCUT2D eigenvalue weighted by atomic mass is 10.2. The molecule has 8 nitrogen and oxygen atoms in total. The largest absolute Gasteiger partial charge is 0.325 e. The Morgan fingerprint density at radius 1 is 0.825 bits per heavy atom. The second kappa shape index (κ2) is 11.7. The van der Waals surface area contributed by atoms with Gasteiger partial charge in [0.05, 0.1) is 21.2 Å². The van der Waals surface area contributed by atoms with Crippen molar-refractivity contribution in [2.24, 2.45) is 0 Å². The van der Waals surface area contributed by atoms with Crippen LogP contribution in [0.25, 0.3) is 0 Å². The fourth-order valence-corrected chi connectivity index (χ4v) is 6.49. The van der Waals surface area contributed by atoms with Crippen molar-refractivity contribution in [2.75, 3.05) is 20.9 Å². The number of para-hydroxylation sites is 1. The zero-order chi connectivity index (χ0) is 29.1. The Labute approximate surface area is 237 Å². The Bertz CT molecular complexity index is 1760. The summed E-state index contributed by atoms with van der Waals surface area (Å²) >= 11 is 6.07. The van der Waals surface area contributed by atoms with Gasteiger partial charge in [0.25, 0.3) is 20.0 Å². The molecular weight excluding hydrogens is 577 g/mol. The van der Waals surface area contributed by atoms with E-state index in [2.05, 4.69) is 10.0 Å². The summed E-state index contributed by atoms with van der Waals surface area (Å²) < 4.78 is 70.4. The van der Waals surface area contributed by atoms with Gasteiger partial charge in [-0.2, -0.15) is 0 Å². The van der Waals surface area contributed by atoms with Crippen molar-refractivity contribution in [3.8, 4) is 0 Å². The van der Waals surface area contributed by atoms with Crippen LogP contribution in [0, 0.1) is 19.7 Å². The first-order valence-electron chi connectivity index (χ1n) is 11.9. The number of hydrogen-bond acceptors (Lipinski definition) is 5. The molecule has 0 radical (unpaired) electrons. The van der Waals surface area contributed by atoms with Crippen LogP contribution in [0.15, 0.2) is 101 Å². The maximum Gasteiger partial charge on any atom is 0.264 e. The summed E-state index contributed by atoms with van der Waals surface area (Å²) in [4.78, 5) is 12.8. The molecule has 0 aliphatic carbocycles. The van der Waals surface area contributed by atoms with Crippen molar-refractivity contribution in [1.82, 2.24) is 0 Å². The molecule has 0 aliphatic rings. The van der Waals surface area contributed by atoms with E-state index in [4.69, 9.17) is 11.6 Å². The highest BCUT2D eigenvalue weighted by Gasteiger charge is 2.29. The van der Waals surface area contributed by atoms with Crippen molar-refractivity contribution in [3.63, 3.8) is 0 Å². The number of benzene rings is 4. The Kier molecular flexibility index (Phi) is 8.48. The maximum atomic E-state index is 14.7. The summed E-state index contributed by atoms with van der Waals surface area (Å²) in [6, 6.07) is 21.4. The lowest BCUT2D eigenvalue weighted by Gasteiger charge is -2.24. The summed E-state index contributed by atoms with van der Waals surface area (Å²) in [5, 5.41) is 2.95. The number of carbonyl (C=O) groups excluding carboxylic acids is 1. The molecule has 4 aromatic carbocycles. The Hall–Kier alpha value is -3.93. The molecular formula is C28H25ClFN3O5S2. The molecule has 4 rings (SSSR count). The monoisotopic (exact) mass is 601 g/mol. The van der Waals surface area contributed by atoms with Gasteiger partial charge in [-0.25, -0.2) is 21.2 Å². The predicted molar refractivity (Wildman–Crippen MR) is 154 cm³/mol. The summed E-state index contributed by atoms with van der Waals surface area (Å²) in [5.74, 6) is -1.58. The standard InChI is InChI=1S/C28H25ClFN3O5S2/c1-19-10-14-23(15-11-19)40(37,38)33(27-9-4-3-7-25(27)30)18-28(34)31-21-12-16-22(17-13-21)39(35,36)32-26-8-5-6-24(29)20(26)2/h3-17,32H,18H2,1-2H3,(H,31,34). The molecule has 0 spiro atoms. The zero-order valence-electron chi connectivity index (χ0n) is 21.4. The molecule has 0 aliphatic heterocycles. The molecule has 0 saturated heterocycles. The normalized spacial score (nSPS) is 11.6. The first-order chi connectivity index (χ1) is 18.9. The Morgan fingerprint density at radius 2 is 1.45 bits per heavy atom. The van der Waals surface area contributed by atoms with Crippen LogP contribution < -0.4 is 14.3 Å². The number of halogens is 2. The van der Waals surface area contributed by atoms with Gasteiger partial charge in [-0.05, 0) is 80.1 Å². The van der Waals surface area contributed by atoms with Crippen LogP contribution in [0.1, 0.15) is 11.1 Å². The van der Waals surface area contributed by atoms with Gasteiger partial charge < -0.3 is 5.32 Å². The minimum absolute atomic E-state index is 0.0696. The fourth-order valence-electron chi connectivity index (χ4n) is 3.76. The van der Waals surface area contributed by atoms with Crippen molar-refractivity contribution in [3.05, 3.63) is 113 Å². The van der Waals surface area contributed by atoms with E-state index < -0.39 is 38.3 Å². The molecule has 0 fully saturated rings. The lowest BCUT2D eigenvalue weighted by molar-refractivity contribution is -0.114. The minimum atomic E-state index is -4.31. The smallest absolute Gasteiger partial charge is 0.264 e. The van der Waals surface area contributed by atoms with Gasteiger partial charge in [0.15, 0.2) is 0 Å². The molecule has 12 heteroatoms. The third kappa shape index (κ3) is 6.44. The van der Waals surface area contributed by atoms with Crippen LogP contribution in [-0.2, 0) is 24.8 Å². The molecule has 0 heterocycles. The second-order valence-corrected chi connectivity index (χ2v) is 12.8. The van der Waals surface area contributed by atoms with E-state index >= 15 is 0 Å². The van der Waals surface area contributed by atoms with Gasteiger partial charge in [0.2, 0.25) is 5.91 Å². The highest BCUT2D eigenvalue weighted by Crippen LogP contribution is 2.28. The molecule has 0 saturated carbocycles. The van der Waals surface area contributed by atoms with Crippen molar-refractivity contribution in [2.45, 2.75) is 23.6 Å². The van der Waals surface area contributed by atoms with Crippen LogP contribution >= 0.6 is 11.6 Å². The third-order valence-electron chi connectivity index (χ3n) is 5.98. The third-order valence-corrected chi connectivity index (χ3v) is 9.54. The van der Waals surface area contributed by atoms with Crippen LogP contribution in [0.2, 0.25) is 5.02 Å². The van der Waals surface area contributed by atoms with Crippen LogP contribution in [0.3, 0.4) is 0 Å². The highest BCUT2D eigenvalue weighted by molar-refractivity contribution is 7.93. The summed E-state index contributed by atoms with van der Waals surface area (Å²) in [7, 11) is -8.27. The SMILES string of the molecule is Cc1ccc(S(=O)(=O)N(CC(=O)Nc2ccc(S(=O)(=O)Nc3cccc(Cl)c3C)cc2)c2ccccc2F)cc1. The van der Waals surface area contributed by atoms with Gasteiger partial charge in [-0.3, -0.25) is 13.8 Å². The van der Waals surface area contributed by atoms with E-state index in [9.17, 15) is 26.0 Å². The van der Waals surface area contributed by atoms with Crippen LogP contribution in [0.4, 0.5) is 21.5 Å². The minimum Gasteiger partial charge on any atom is -0.325 e. The number of nitrogens with one attached hydrogen (secondary N) is 2. The average Bonchev–Trinajstić information content (AvgIpc) is 2.91. The number of anilines is 3. The van der Waals surface area contributed by atoms with Gasteiger partial charge in [-0.1, -0.05) is 47.5 Å². The number of carbonyl (C=O) groups is 1. The van der Waals surface area contributed by atoms with Gasteiger partial charge in [0, 0.05) is 10.7 Å². The van der Waals surface area contributed by atoms with E-state index in [-0.39, 0.29) is 21.2 Å². The molecule has 0 bridgehead atoms. The molecule has 40 heavy (non-hydrogen) atoms. The summed E-state index contributed by atoms with van der Waals surface area (Å²) in [6.07, 6.45) is 0. The van der Waals surface area contributed by atoms with Crippen LogP contribution in [0.5, 0.6) is 0 Å². The Balaban J connectivity index is 1.54. The second-order valence-electron chi connectivity index (χ2n) is 8.87. The lowest BCUT2D eigenvalue weighted by Crippen LogP contribution is -2.38. The van der Waals surface area contributed by atoms with E-state index in [1.165, 1.54) is 54.6 Å². The van der Waals surface area contributed by atoms with Crippen molar-refractivity contribution < 1.29 is 26.0 Å². The molecule has 0 atom stereocenters. The maximum absolute atomic E-state index is 14.7. The topological polar surface area (TPSA) is 113 Å². The summed E-state index contributed by atoms with van der Waals surface area (Å²) in [6.45, 7) is 2.75. The van der Waals surface area contributed by atoms with Gasteiger partial charge in [0.1, 0.15) is 12.4 Å². The quantitative estimate of drug-likeness (QED) is 0.254. The van der Waals surface area contributed by atoms with Crippen LogP contribution in [-0.4, -0.2) is 29.3 Å². The van der Waals surface area contributed by atoms with Gasteiger partial charge >= 0.3 is 0 Å². The number of rotatable bonds is 9. The zero-order valence-corrected chi connectivity index (χ0v) is 23.8. The number of sulfonamides is 2. The van der Waals surface area contributed by atoms with Crippen molar-refractivity contribution in [1.29, 1.82) is 0 Å². The molecule has 4 aromatic rings. The first kappa shape index (κ1) is 29.1. The molecule has 0 aromatic heterocycles. The van der Waals surface area contributed by atoms with E-state index in [1.54, 1.807) is 44.2 Å².